The summed E-state index contributed by atoms with van der Waals surface area (Å²) in [6.45, 7) is 0. The highest BCUT2D eigenvalue weighted by atomic mass is 16.6. The first kappa shape index (κ1) is 16.3. The largest absolute Gasteiger partial charge is 0.490 e. The molecule has 2 aliphatic heterocycles. The highest BCUT2D eigenvalue weighted by Crippen LogP contribution is 2.51. The summed E-state index contributed by atoms with van der Waals surface area (Å²) in [4.78, 5) is 15.0. The van der Waals surface area contributed by atoms with Gasteiger partial charge in [0.1, 0.15) is 18.1 Å². The van der Waals surface area contributed by atoms with Crippen molar-refractivity contribution in [3.63, 3.8) is 0 Å². The number of amides is 1. The summed E-state index contributed by atoms with van der Waals surface area (Å²) in [6.07, 6.45) is 4.48. The summed E-state index contributed by atoms with van der Waals surface area (Å²) in [5.74, 6) is 0.720. The molecule has 0 radical (unpaired) electrons. The average molecular weight is 364 g/mol. The number of hydrogen-bond acceptors (Lipinski definition) is 5. The molecule has 3 aliphatic rings. The maximum absolute atomic E-state index is 13.1. The number of ether oxygens (including phenoxy) is 2. The normalized spacial score (nSPS) is 31.6. The first-order chi connectivity index (χ1) is 13.1. The number of aromatic nitrogens is 2. The lowest BCUT2D eigenvalue weighted by Crippen LogP contribution is -2.56. The van der Waals surface area contributed by atoms with Gasteiger partial charge in [0, 0.05) is 26.1 Å². The molecular weight excluding hydrogens is 344 g/mol. The molecule has 1 amide bonds. The Morgan fingerprint density at radius 3 is 2.93 bits per heavy atom. The quantitative estimate of drug-likeness (QED) is 0.835. The molecule has 1 aromatic heterocycles. The number of nitrogens with zero attached hydrogens (tertiary/aromatic N) is 4. The van der Waals surface area contributed by atoms with Crippen LogP contribution in [0.3, 0.4) is 0 Å². The molecule has 0 N–H and O–H groups in total. The number of carbonyl (C=O) groups excluding carboxylic acids is 1. The van der Waals surface area contributed by atoms with Crippen LogP contribution in [0.15, 0.2) is 36.5 Å². The van der Waals surface area contributed by atoms with E-state index < -0.39 is 5.60 Å². The van der Waals surface area contributed by atoms with Crippen LogP contribution in [-0.2, 0) is 16.6 Å². The van der Waals surface area contributed by atoms with Crippen molar-refractivity contribution in [2.75, 3.05) is 0 Å². The number of aryl methyl sites for hydroxylation is 1. The van der Waals surface area contributed by atoms with E-state index in [0.717, 1.165) is 18.5 Å². The third-order valence-electron chi connectivity index (χ3n) is 5.78. The fourth-order valence-electron chi connectivity index (χ4n) is 4.48. The van der Waals surface area contributed by atoms with Gasteiger partial charge in [0.15, 0.2) is 5.60 Å². The van der Waals surface area contributed by atoms with Crippen molar-refractivity contribution in [1.82, 2.24) is 14.7 Å². The van der Waals surface area contributed by atoms with Gasteiger partial charge in [0.25, 0.3) is 5.91 Å². The molecule has 0 bridgehead atoms. The summed E-state index contributed by atoms with van der Waals surface area (Å²) in [5, 5.41) is 13.5. The maximum Gasteiger partial charge on any atom is 0.257 e. The minimum atomic E-state index is -0.754. The molecule has 0 unspecified atom stereocenters. The summed E-state index contributed by atoms with van der Waals surface area (Å²) in [5.41, 5.74) is 0.735. The first-order valence-corrected chi connectivity index (χ1v) is 9.25. The Hall–Kier alpha value is -2.85. The molecule has 1 spiro atoms. The van der Waals surface area contributed by atoms with Crippen LogP contribution in [0.4, 0.5) is 0 Å². The van der Waals surface area contributed by atoms with Crippen molar-refractivity contribution in [1.29, 1.82) is 5.26 Å². The Morgan fingerprint density at radius 1 is 1.33 bits per heavy atom. The number of benzene rings is 1. The molecule has 27 heavy (non-hydrogen) atoms. The van der Waals surface area contributed by atoms with E-state index in [1.807, 2.05) is 30.3 Å². The van der Waals surface area contributed by atoms with Crippen molar-refractivity contribution >= 4 is 5.91 Å². The van der Waals surface area contributed by atoms with Crippen LogP contribution in [0.5, 0.6) is 5.75 Å². The lowest BCUT2D eigenvalue weighted by molar-refractivity contribution is -0.162. The second-order valence-electron chi connectivity index (χ2n) is 7.57. The molecule has 3 heterocycles. The number of carbonyl (C=O) groups is 1. The Balaban J connectivity index is 1.28. The lowest BCUT2D eigenvalue weighted by Gasteiger charge is -2.42. The molecule has 2 aromatic rings. The summed E-state index contributed by atoms with van der Waals surface area (Å²) in [7, 11) is 1.88. The SMILES string of the molecule is Cn1ccc([C@@H]2CC[C@H]3OC4(CC(Oc5cccc(C#N)c5)C4)C(=O)N32)n1. The van der Waals surface area contributed by atoms with Crippen molar-refractivity contribution in [3.05, 3.63) is 47.8 Å². The van der Waals surface area contributed by atoms with Crippen LogP contribution in [0, 0.1) is 11.3 Å². The average Bonchev–Trinajstić information content (AvgIpc) is 3.31. The van der Waals surface area contributed by atoms with E-state index in [0.29, 0.717) is 24.2 Å². The number of hydrogen-bond donors (Lipinski definition) is 0. The van der Waals surface area contributed by atoms with Gasteiger partial charge in [-0.25, -0.2) is 0 Å². The second-order valence-corrected chi connectivity index (χ2v) is 7.57. The van der Waals surface area contributed by atoms with E-state index in [9.17, 15) is 4.79 Å². The Bertz CT molecular complexity index is 941. The number of fused-ring (bicyclic) bond motifs is 1. The van der Waals surface area contributed by atoms with Crippen LogP contribution < -0.4 is 4.74 Å². The van der Waals surface area contributed by atoms with Gasteiger partial charge in [0.05, 0.1) is 23.4 Å². The molecule has 1 aromatic carbocycles. The minimum Gasteiger partial charge on any atom is -0.490 e. The number of rotatable bonds is 3. The predicted octanol–water partition coefficient (Wildman–Crippen LogP) is 2.29. The van der Waals surface area contributed by atoms with E-state index >= 15 is 0 Å². The molecule has 5 rings (SSSR count). The summed E-state index contributed by atoms with van der Waals surface area (Å²) in [6, 6.07) is 11.2. The summed E-state index contributed by atoms with van der Waals surface area (Å²) >= 11 is 0. The highest BCUT2D eigenvalue weighted by molar-refractivity contribution is 5.89. The van der Waals surface area contributed by atoms with Crippen LogP contribution in [-0.4, -0.2) is 38.5 Å². The van der Waals surface area contributed by atoms with Crippen LogP contribution >= 0.6 is 0 Å². The van der Waals surface area contributed by atoms with Gasteiger partial charge in [-0.05, 0) is 37.1 Å². The van der Waals surface area contributed by atoms with Gasteiger partial charge < -0.3 is 14.4 Å². The smallest absolute Gasteiger partial charge is 0.257 e. The van der Waals surface area contributed by atoms with Crippen molar-refractivity contribution < 1.29 is 14.3 Å². The Labute approximate surface area is 157 Å². The molecule has 138 valence electrons. The van der Waals surface area contributed by atoms with Crippen molar-refractivity contribution in [2.45, 2.75) is 49.7 Å². The van der Waals surface area contributed by atoms with Crippen molar-refractivity contribution in [2.24, 2.45) is 7.05 Å². The van der Waals surface area contributed by atoms with Gasteiger partial charge >= 0.3 is 0 Å². The van der Waals surface area contributed by atoms with Crippen LogP contribution in [0.2, 0.25) is 0 Å². The molecule has 3 fully saturated rings. The van der Waals surface area contributed by atoms with Gasteiger partial charge in [-0.3, -0.25) is 9.48 Å². The van der Waals surface area contributed by atoms with Gasteiger partial charge in [-0.1, -0.05) is 6.07 Å². The molecule has 7 nitrogen and oxygen atoms in total. The zero-order chi connectivity index (χ0) is 18.6. The van der Waals surface area contributed by atoms with Gasteiger partial charge in [-0.15, -0.1) is 0 Å². The predicted molar refractivity (Wildman–Crippen MR) is 94.4 cm³/mol. The first-order valence-electron chi connectivity index (χ1n) is 9.25. The van der Waals surface area contributed by atoms with E-state index in [4.69, 9.17) is 14.7 Å². The third kappa shape index (κ3) is 2.52. The maximum atomic E-state index is 13.1. The van der Waals surface area contributed by atoms with E-state index in [1.165, 1.54) is 0 Å². The van der Waals surface area contributed by atoms with Crippen molar-refractivity contribution in [3.8, 4) is 11.8 Å². The fraction of sp³-hybridized carbons (Fsp3) is 0.450. The standard InChI is InChI=1S/C20H20N4O3/c1-23-8-7-16(22-23)17-5-6-18-24(17)19(25)20(27-18)10-15(11-20)26-14-4-2-3-13(9-14)12-21/h2-4,7-9,15,17-18H,5-6,10-11H2,1H3/t15?,17-,18+,20?/m0/s1. The summed E-state index contributed by atoms with van der Waals surface area (Å²) < 4.78 is 13.9. The molecule has 1 saturated carbocycles. The molecular formula is C20H20N4O3. The zero-order valence-electron chi connectivity index (χ0n) is 15.0. The van der Waals surface area contributed by atoms with E-state index in [1.54, 1.807) is 22.9 Å². The van der Waals surface area contributed by atoms with Crippen LogP contribution in [0.25, 0.3) is 0 Å². The molecule has 2 saturated heterocycles. The second kappa shape index (κ2) is 5.83. The van der Waals surface area contributed by atoms with Gasteiger partial charge in [-0.2, -0.15) is 10.4 Å². The monoisotopic (exact) mass is 364 g/mol. The third-order valence-corrected chi connectivity index (χ3v) is 5.78. The topological polar surface area (TPSA) is 80.4 Å². The number of nitriles is 1. The highest BCUT2D eigenvalue weighted by Gasteiger charge is 2.63. The lowest BCUT2D eigenvalue weighted by atomic mass is 9.76. The van der Waals surface area contributed by atoms with Gasteiger partial charge in [0.2, 0.25) is 0 Å². The molecule has 2 atom stereocenters. The molecule has 7 heteroatoms. The zero-order valence-corrected chi connectivity index (χ0v) is 15.0. The Morgan fingerprint density at radius 2 is 2.19 bits per heavy atom. The van der Waals surface area contributed by atoms with E-state index in [2.05, 4.69) is 11.2 Å². The van der Waals surface area contributed by atoms with E-state index in [-0.39, 0.29) is 24.3 Å². The Kier molecular flexibility index (Phi) is 3.52. The minimum absolute atomic E-state index is 0.00430. The fourth-order valence-corrected chi connectivity index (χ4v) is 4.48. The van der Waals surface area contributed by atoms with Crippen LogP contribution in [0.1, 0.15) is 43.0 Å². The molecule has 1 aliphatic carbocycles.